The molecule has 28 heavy (non-hydrogen) atoms. The Kier molecular flexibility index (Phi) is 4.37. The molecule has 0 saturated carbocycles. The van der Waals surface area contributed by atoms with Crippen LogP contribution in [0.4, 0.5) is 11.4 Å². The lowest BCUT2D eigenvalue weighted by Gasteiger charge is -2.06. The normalized spacial score (nSPS) is 10.8. The molecule has 6 nitrogen and oxygen atoms in total. The van der Waals surface area contributed by atoms with Crippen LogP contribution in [0.15, 0.2) is 72.8 Å². The van der Waals surface area contributed by atoms with Gasteiger partial charge >= 0.3 is 0 Å². The van der Waals surface area contributed by atoms with E-state index in [1.54, 1.807) is 36.4 Å². The summed E-state index contributed by atoms with van der Waals surface area (Å²) in [7, 11) is 0. The molecule has 0 fully saturated rings. The molecule has 0 atom stereocenters. The summed E-state index contributed by atoms with van der Waals surface area (Å²) in [6.45, 7) is 1.47. The number of nitrogen functional groups attached to an aromatic ring is 1. The van der Waals surface area contributed by atoms with Crippen molar-refractivity contribution in [1.82, 2.24) is 9.78 Å². The van der Waals surface area contributed by atoms with Crippen molar-refractivity contribution in [1.29, 1.82) is 0 Å². The number of aromatic nitrogens is 2. The molecular weight excluding hydrogens is 352 g/mol. The lowest BCUT2D eigenvalue weighted by molar-refractivity contribution is 0.0926. The van der Waals surface area contributed by atoms with E-state index in [4.69, 9.17) is 5.73 Å². The van der Waals surface area contributed by atoms with Crippen molar-refractivity contribution in [3.63, 3.8) is 0 Å². The van der Waals surface area contributed by atoms with E-state index in [0.717, 1.165) is 10.9 Å². The van der Waals surface area contributed by atoms with Gasteiger partial charge in [-0.25, -0.2) is 0 Å². The van der Waals surface area contributed by atoms with Crippen LogP contribution in [0.25, 0.3) is 22.2 Å². The van der Waals surface area contributed by atoms with Crippen molar-refractivity contribution in [3.8, 4) is 11.3 Å². The molecule has 0 saturated heterocycles. The second-order valence-corrected chi connectivity index (χ2v) is 6.45. The Hall–Kier alpha value is -3.93. The average molecular weight is 370 g/mol. The molecule has 3 N–H and O–H groups in total. The Balaban J connectivity index is 1.76. The lowest BCUT2D eigenvalue weighted by atomic mass is 10.1. The molecule has 3 aromatic carbocycles. The quantitative estimate of drug-likeness (QED) is 0.529. The summed E-state index contributed by atoms with van der Waals surface area (Å²) in [5.74, 6) is -0.412. The predicted octanol–water partition coefficient (Wildman–Crippen LogP) is 4.20. The first kappa shape index (κ1) is 17.5. The van der Waals surface area contributed by atoms with Crippen molar-refractivity contribution < 1.29 is 9.59 Å². The van der Waals surface area contributed by atoms with Crippen LogP contribution < -0.4 is 11.1 Å². The number of carbonyl (C=O) groups excluding carboxylic acids is 2. The highest BCUT2D eigenvalue weighted by Crippen LogP contribution is 2.30. The zero-order valence-electron chi connectivity index (χ0n) is 15.2. The minimum atomic E-state index is -0.237. The molecule has 138 valence electrons. The van der Waals surface area contributed by atoms with Crippen LogP contribution in [0.5, 0.6) is 0 Å². The fraction of sp³-hybridized carbons (Fsp3) is 0.0455. The number of anilines is 2. The molecule has 0 bridgehead atoms. The summed E-state index contributed by atoms with van der Waals surface area (Å²) < 4.78 is 1.38. The molecule has 0 spiro atoms. The van der Waals surface area contributed by atoms with Gasteiger partial charge in [0.25, 0.3) is 5.91 Å². The van der Waals surface area contributed by atoms with Gasteiger partial charge in [-0.15, -0.1) is 0 Å². The fourth-order valence-corrected chi connectivity index (χ4v) is 3.08. The molecule has 6 heteroatoms. The molecule has 4 aromatic rings. The van der Waals surface area contributed by atoms with Crippen LogP contribution in [-0.4, -0.2) is 21.6 Å². The van der Waals surface area contributed by atoms with E-state index in [-0.39, 0.29) is 11.8 Å². The molecule has 0 radical (unpaired) electrons. The summed E-state index contributed by atoms with van der Waals surface area (Å²) in [6, 6.07) is 21.7. The van der Waals surface area contributed by atoms with Gasteiger partial charge in [-0.3, -0.25) is 9.59 Å². The first-order valence-electron chi connectivity index (χ1n) is 8.79. The maximum Gasteiger partial charge on any atom is 0.255 e. The van der Waals surface area contributed by atoms with Crippen LogP contribution in [0.2, 0.25) is 0 Å². The topological polar surface area (TPSA) is 90.0 Å². The molecule has 1 amide bonds. The van der Waals surface area contributed by atoms with E-state index in [1.807, 2.05) is 36.4 Å². The summed E-state index contributed by atoms with van der Waals surface area (Å²) in [4.78, 5) is 24.5. The predicted molar refractivity (Wildman–Crippen MR) is 110 cm³/mol. The SMILES string of the molecule is CC(=O)n1nc(-c2ccccc2)c2cc(NC(=O)c3ccc(N)cc3)ccc21. The van der Waals surface area contributed by atoms with Gasteiger partial charge in [0, 0.05) is 34.8 Å². The maximum absolute atomic E-state index is 12.5. The number of hydrogen-bond acceptors (Lipinski definition) is 4. The van der Waals surface area contributed by atoms with Gasteiger partial charge in [-0.05, 0) is 42.5 Å². The number of nitrogens with two attached hydrogens (primary N) is 1. The van der Waals surface area contributed by atoms with Gasteiger partial charge < -0.3 is 11.1 Å². The van der Waals surface area contributed by atoms with Crippen molar-refractivity contribution in [2.24, 2.45) is 0 Å². The summed E-state index contributed by atoms with van der Waals surface area (Å²) in [5, 5.41) is 8.16. The van der Waals surface area contributed by atoms with E-state index in [0.29, 0.717) is 28.1 Å². The number of amides is 1. The van der Waals surface area contributed by atoms with Gasteiger partial charge in [0.15, 0.2) is 0 Å². The van der Waals surface area contributed by atoms with E-state index in [1.165, 1.54) is 11.6 Å². The van der Waals surface area contributed by atoms with Gasteiger partial charge in [-0.1, -0.05) is 30.3 Å². The van der Waals surface area contributed by atoms with E-state index in [9.17, 15) is 9.59 Å². The molecule has 0 aliphatic carbocycles. The maximum atomic E-state index is 12.5. The summed E-state index contributed by atoms with van der Waals surface area (Å²) in [6.07, 6.45) is 0. The van der Waals surface area contributed by atoms with Crippen molar-refractivity contribution in [2.45, 2.75) is 6.92 Å². The number of rotatable bonds is 3. The molecule has 1 heterocycles. The fourth-order valence-electron chi connectivity index (χ4n) is 3.08. The second kappa shape index (κ2) is 7.00. The molecule has 0 aliphatic rings. The Morgan fingerprint density at radius 1 is 0.964 bits per heavy atom. The van der Waals surface area contributed by atoms with Gasteiger partial charge in [0.05, 0.1) is 5.52 Å². The average Bonchev–Trinajstić information content (AvgIpc) is 3.08. The van der Waals surface area contributed by atoms with Crippen LogP contribution in [0.3, 0.4) is 0 Å². The van der Waals surface area contributed by atoms with E-state index < -0.39 is 0 Å². The first-order valence-corrected chi connectivity index (χ1v) is 8.79. The standard InChI is InChI=1S/C22H18N4O2/c1-14(27)26-20-12-11-18(24-22(28)16-7-9-17(23)10-8-16)13-19(20)21(25-26)15-5-3-2-4-6-15/h2-13H,23H2,1H3,(H,24,28). The smallest absolute Gasteiger partial charge is 0.255 e. The molecule has 1 aromatic heterocycles. The van der Waals surface area contributed by atoms with E-state index in [2.05, 4.69) is 10.4 Å². The highest BCUT2D eigenvalue weighted by Gasteiger charge is 2.16. The van der Waals surface area contributed by atoms with Crippen molar-refractivity contribution in [2.75, 3.05) is 11.1 Å². The number of nitrogens with zero attached hydrogens (tertiary/aromatic N) is 2. The number of benzene rings is 3. The monoisotopic (exact) mass is 370 g/mol. The third-order valence-corrected chi connectivity index (χ3v) is 4.46. The number of fused-ring (bicyclic) bond motifs is 1. The Morgan fingerprint density at radius 3 is 2.36 bits per heavy atom. The zero-order valence-corrected chi connectivity index (χ0v) is 15.2. The highest BCUT2D eigenvalue weighted by atomic mass is 16.2. The van der Waals surface area contributed by atoms with E-state index >= 15 is 0 Å². The third-order valence-electron chi connectivity index (χ3n) is 4.46. The van der Waals surface area contributed by atoms with Crippen LogP contribution in [0, 0.1) is 0 Å². The Morgan fingerprint density at radius 2 is 1.68 bits per heavy atom. The largest absolute Gasteiger partial charge is 0.399 e. The third kappa shape index (κ3) is 3.23. The Bertz CT molecular complexity index is 1180. The van der Waals surface area contributed by atoms with Crippen LogP contribution >= 0.6 is 0 Å². The van der Waals surface area contributed by atoms with Gasteiger partial charge in [-0.2, -0.15) is 9.78 Å². The minimum absolute atomic E-state index is 0.175. The lowest BCUT2D eigenvalue weighted by Crippen LogP contribution is -2.12. The first-order chi connectivity index (χ1) is 13.5. The molecular formula is C22H18N4O2. The minimum Gasteiger partial charge on any atom is -0.399 e. The second-order valence-electron chi connectivity index (χ2n) is 6.45. The number of nitrogens with one attached hydrogen (secondary N) is 1. The molecule has 4 rings (SSSR count). The van der Waals surface area contributed by atoms with Crippen molar-refractivity contribution >= 4 is 34.1 Å². The van der Waals surface area contributed by atoms with Crippen LogP contribution in [-0.2, 0) is 0 Å². The molecule has 0 aliphatic heterocycles. The Labute approximate surface area is 161 Å². The van der Waals surface area contributed by atoms with Gasteiger partial charge in [0.2, 0.25) is 5.91 Å². The van der Waals surface area contributed by atoms with Gasteiger partial charge in [0.1, 0.15) is 5.69 Å². The zero-order chi connectivity index (χ0) is 19.7. The number of hydrogen-bond donors (Lipinski definition) is 2. The number of carbonyl (C=O) groups is 2. The summed E-state index contributed by atoms with van der Waals surface area (Å²) >= 11 is 0. The van der Waals surface area contributed by atoms with Crippen molar-refractivity contribution in [3.05, 3.63) is 78.4 Å². The summed E-state index contributed by atoms with van der Waals surface area (Å²) in [5.41, 5.74) is 9.68. The molecule has 0 unspecified atom stereocenters. The van der Waals surface area contributed by atoms with Crippen LogP contribution in [0.1, 0.15) is 22.1 Å². The highest BCUT2D eigenvalue weighted by molar-refractivity contribution is 6.06.